The molecular formula is C13H24N2O2. The molecule has 1 aliphatic heterocycles. The van der Waals surface area contributed by atoms with Gasteiger partial charge in [0.15, 0.2) is 0 Å². The molecule has 98 valence electrons. The average Bonchev–Trinajstić information content (AvgIpc) is 3.02. The number of carbonyl (C=O) groups is 1. The maximum Gasteiger partial charge on any atom is 0.317 e. The van der Waals surface area contributed by atoms with Crippen molar-refractivity contribution < 1.29 is 9.90 Å². The van der Waals surface area contributed by atoms with Gasteiger partial charge < -0.3 is 5.11 Å². The summed E-state index contributed by atoms with van der Waals surface area (Å²) in [6.45, 7) is 8.85. The van der Waals surface area contributed by atoms with Gasteiger partial charge in [-0.2, -0.15) is 0 Å². The topological polar surface area (TPSA) is 43.8 Å². The Balaban J connectivity index is 1.85. The summed E-state index contributed by atoms with van der Waals surface area (Å²) >= 11 is 0. The van der Waals surface area contributed by atoms with E-state index in [0.29, 0.717) is 11.5 Å². The van der Waals surface area contributed by atoms with E-state index >= 15 is 0 Å². The lowest BCUT2D eigenvalue weighted by molar-refractivity contribution is -0.138. The number of nitrogens with zero attached hydrogens (tertiary/aromatic N) is 2. The van der Waals surface area contributed by atoms with E-state index in [0.717, 1.165) is 32.6 Å². The summed E-state index contributed by atoms with van der Waals surface area (Å²) < 4.78 is 0. The Kier molecular flexibility index (Phi) is 3.73. The highest BCUT2D eigenvalue weighted by Crippen LogP contribution is 2.49. The highest BCUT2D eigenvalue weighted by Gasteiger charge is 2.44. The fourth-order valence-corrected chi connectivity index (χ4v) is 2.78. The lowest BCUT2D eigenvalue weighted by Gasteiger charge is -2.32. The molecule has 1 N–H and O–H groups in total. The summed E-state index contributed by atoms with van der Waals surface area (Å²) in [4.78, 5) is 15.3. The Labute approximate surface area is 104 Å². The second-order valence-corrected chi connectivity index (χ2v) is 5.89. The van der Waals surface area contributed by atoms with E-state index in [2.05, 4.69) is 23.6 Å². The smallest absolute Gasteiger partial charge is 0.317 e. The predicted molar refractivity (Wildman–Crippen MR) is 67.1 cm³/mol. The first-order valence-corrected chi connectivity index (χ1v) is 6.69. The van der Waals surface area contributed by atoms with Gasteiger partial charge in [0, 0.05) is 25.7 Å². The van der Waals surface area contributed by atoms with E-state index in [1.54, 1.807) is 0 Å². The lowest BCUT2D eigenvalue weighted by Crippen LogP contribution is -2.41. The lowest BCUT2D eigenvalue weighted by atomic mass is 9.99. The molecule has 0 bridgehead atoms. The van der Waals surface area contributed by atoms with Crippen molar-refractivity contribution in [1.82, 2.24) is 9.80 Å². The normalized spacial score (nSPS) is 27.4. The van der Waals surface area contributed by atoms with Crippen LogP contribution in [-0.4, -0.2) is 59.6 Å². The van der Waals surface area contributed by atoms with Crippen LogP contribution in [0.25, 0.3) is 0 Å². The van der Waals surface area contributed by atoms with Crippen molar-refractivity contribution in [2.45, 2.75) is 39.2 Å². The molecule has 4 nitrogen and oxygen atoms in total. The minimum absolute atomic E-state index is 0.194. The molecule has 0 aromatic carbocycles. The maximum atomic E-state index is 10.7. The zero-order valence-electron chi connectivity index (χ0n) is 11.0. The summed E-state index contributed by atoms with van der Waals surface area (Å²) in [7, 11) is 0. The second kappa shape index (κ2) is 4.94. The number of rotatable bonds is 4. The molecule has 0 spiro atoms. The molecule has 4 heteroatoms. The minimum Gasteiger partial charge on any atom is -0.480 e. The highest BCUT2D eigenvalue weighted by atomic mass is 16.4. The monoisotopic (exact) mass is 240 g/mol. The highest BCUT2D eigenvalue weighted by molar-refractivity contribution is 5.69. The first-order valence-electron chi connectivity index (χ1n) is 6.69. The first-order chi connectivity index (χ1) is 8.01. The molecule has 1 unspecified atom stereocenters. The number of aliphatic carboxylic acids is 1. The van der Waals surface area contributed by atoms with Gasteiger partial charge >= 0.3 is 5.97 Å². The van der Waals surface area contributed by atoms with Gasteiger partial charge in [-0.15, -0.1) is 0 Å². The fraction of sp³-hybridized carbons (Fsp3) is 0.923. The number of hydrogen-bond donors (Lipinski definition) is 1. The molecule has 1 saturated carbocycles. The van der Waals surface area contributed by atoms with Crippen molar-refractivity contribution in [3.8, 4) is 0 Å². The van der Waals surface area contributed by atoms with Gasteiger partial charge in [-0.1, -0.05) is 6.92 Å². The average molecular weight is 240 g/mol. The van der Waals surface area contributed by atoms with Crippen LogP contribution in [0.15, 0.2) is 0 Å². The summed E-state index contributed by atoms with van der Waals surface area (Å²) in [5.74, 6) is -0.708. The van der Waals surface area contributed by atoms with Crippen LogP contribution < -0.4 is 0 Å². The van der Waals surface area contributed by atoms with Crippen molar-refractivity contribution in [3.63, 3.8) is 0 Å². The fourth-order valence-electron chi connectivity index (χ4n) is 2.78. The Bertz CT molecular complexity index is 289. The van der Waals surface area contributed by atoms with Gasteiger partial charge in [0.1, 0.15) is 0 Å². The van der Waals surface area contributed by atoms with Crippen LogP contribution in [0.5, 0.6) is 0 Å². The quantitative estimate of drug-likeness (QED) is 0.803. The minimum atomic E-state index is -0.708. The molecule has 0 aromatic heterocycles. The Morgan fingerprint density at radius 1 is 1.29 bits per heavy atom. The van der Waals surface area contributed by atoms with Crippen molar-refractivity contribution >= 4 is 5.97 Å². The Morgan fingerprint density at radius 2 is 2.00 bits per heavy atom. The molecule has 2 aliphatic rings. The summed E-state index contributed by atoms with van der Waals surface area (Å²) in [6.07, 6.45) is 3.79. The predicted octanol–water partition coefficient (Wildman–Crippen LogP) is 1.27. The number of carboxylic acid groups (broad SMARTS) is 1. The SMILES string of the molecule is CC(N1CCCN(CC(=O)O)CC1)C1(C)CC1. The molecule has 0 amide bonds. The summed E-state index contributed by atoms with van der Waals surface area (Å²) in [6, 6.07) is 0.646. The van der Waals surface area contributed by atoms with E-state index in [4.69, 9.17) is 5.11 Å². The van der Waals surface area contributed by atoms with Crippen molar-refractivity contribution in [2.75, 3.05) is 32.7 Å². The van der Waals surface area contributed by atoms with Crippen molar-refractivity contribution in [2.24, 2.45) is 5.41 Å². The van der Waals surface area contributed by atoms with Crippen molar-refractivity contribution in [1.29, 1.82) is 0 Å². The third kappa shape index (κ3) is 3.19. The largest absolute Gasteiger partial charge is 0.480 e. The van der Waals surface area contributed by atoms with E-state index in [1.807, 2.05) is 0 Å². The molecule has 2 rings (SSSR count). The molecule has 0 aromatic rings. The summed E-state index contributed by atoms with van der Waals surface area (Å²) in [5, 5.41) is 8.82. The molecular weight excluding hydrogens is 216 g/mol. The molecule has 1 aliphatic carbocycles. The van der Waals surface area contributed by atoms with Gasteiger partial charge in [-0.25, -0.2) is 0 Å². The molecule has 2 fully saturated rings. The van der Waals surface area contributed by atoms with Gasteiger partial charge in [-0.3, -0.25) is 14.6 Å². The Morgan fingerprint density at radius 3 is 2.59 bits per heavy atom. The molecule has 0 radical (unpaired) electrons. The van der Waals surface area contributed by atoms with E-state index < -0.39 is 5.97 Å². The Hall–Kier alpha value is -0.610. The van der Waals surface area contributed by atoms with Crippen LogP contribution in [-0.2, 0) is 4.79 Å². The van der Waals surface area contributed by atoms with Crippen LogP contribution in [0.4, 0.5) is 0 Å². The number of carboxylic acids is 1. The van der Waals surface area contributed by atoms with Crippen LogP contribution in [0, 0.1) is 5.41 Å². The van der Waals surface area contributed by atoms with Crippen LogP contribution in [0.2, 0.25) is 0 Å². The van der Waals surface area contributed by atoms with Gasteiger partial charge in [0.05, 0.1) is 6.54 Å². The first kappa shape index (κ1) is 12.8. The number of hydrogen-bond acceptors (Lipinski definition) is 3. The zero-order valence-corrected chi connectivity index (χ0v) is 11.0. The van der Waals surface area contributed by atoms with Crippen LogP contribution in [0.3, 0.4) is 0 Å². The third-order valence-corrected chi connectivity index (χ3v) is 4.58. The van der Waals surface area contributed by atoms with E-state index in [9.17, 15) is 4.79 Å². The molecule has 17 heavy (non-hydrogen) atoms. The van der Waals surface area contributed by atoms with Crippen LogP contribution in [0.1, 0.15) is 33.1 Å². The zero-order chi connectivity index (χ0) is 12.5. The van der Waals surface area contributed by atoms with E-state index in [1.165, 1.54) is 12.8 Å². The summed E-state index contributed by atoms with van der Waals surface area (Å²) in [5.41, 5.74) is 0.530. The molecule has 1 atom stereocenters. The van der Waals surface area contributed by atoms with Crippen LogP contribution >= 0.6 is 0 Å². The van der Waals surface area contributed by atoms with E-state index in [-0.39, 0.29) is 6.54 Å². The third-order valence-electron chi connectivity index (χ3n) is 4.58. The van der Waals surface area contributed by atoms with Gasteiger partial charge in [0.2, 0.25) is 0 Å². The van der Waals surface area contributed by atoms with Crippen molar-refractivity contribution in [3.05, 3.63) is 0 Å². The second-order valence-electron chi connectivity index (χ2n) is 5.89. The molecule has 1 heterocycles. The standard InChI is InChI=1S/C13H24N2O2/c1-11(13(2)4-5-13)15-7-3-6-14(8-9-15)10-12(16)17/h11H,3-10H2,1-2H3,(H,16,17). The maximum absolute atomic E-state index is 10.7. The van der Waals surface area contributed by atoms with Gasteiger partial charge in [-0.05, 0) is 38.1 Å². The molecule has 1 saturated heterocycles. The van der Waals surface area contributed by atoms with Gasteiger partial charge in [0.25, 0.3) is 0 Å².